The first-order valence-electron chi connectivity index (χ1n) is 4.53. The maximum absolute atomic E-state index is 13.0. The zero-order chi connectivity index (χ0) is 11.5. The van der Waals surface area contributed by atoms with Crippen molar-refractivity contribution < 1.29 is 13.9 Å². The molecule has 0 heterocycles. The van der Waals surface area contributed by atoms with Crippen molar-refractivity contribution >= 4 is 5.69 Å². The van der Waals surface area contributed by atoms with Crippen molar-refractivity contribution in [1.82, 2.24) is 0 Å². The summed E-state index contributed by atoms with van der Waals surface area (Å²) in [5, 5.41) is 9.03. The quantitative estimate of drug-likeness (QED) is 0.800. The summed E-state index contributed by atoms with van der Waals surface area (Å²) < 4.78 is 25.9. The molecule has 1 rings (SSSR count). The van der Waals surface area contributed by atoms with Crippen LogP contribution in [0, 0.1) is 0 Å². The first-order valence-corrected chi connectivity index (χ1v) is 4.53. The van der Waals surface area contributed by atoms with Crippen LogP contribution in [0.1, 0.15) is 0 Å². The standard InChI is InChI=1S/C10H14F2N2O/c1-14(7-10(11,12)6-13)8-2-4-9(15)5-3-8/h2-5,15H,6-7,13H2,1H3. The number of anilines is 1. The molecule has 0 aromatic heterocycles. The van der Waals surface area contributed by atoms with Crippen LogP contribution in [-0.4, -0.2) is 31.2 Å². The predicted molar refractivity (Wildman–Crippen MR) is 55.4 cm³/mol. The Labute approximate surface area is 87.1 Å². The highest BCUT2D eigenvalue weighted by Gasteiger charge is 2.28. The molecule has 0 unspecified atom stereocenters. The maximum Gasteiger partial charge on any atom is 0.277 e. The van der Waals surface area contributed by atoms with E-state index in [2.05, 4.69) is 0 Å². The molecule has 0 fully saturated rings. The zero-order valence-corrected chi connectivity index (χ0v) is 8.45. The highest BCUT2D eigenvalue weighted by atomic mass is 19.3. The first-order chi connectivity index (χ1) is 6.94. The average molecular weight is 216 g/mol. The Kier molecular flexibility index (Phi) is 3.47. The lowest BCUT2D eigenvalue weighted by Gasteiger charge is -2.24. The second-order valence-electron chi connectivity index (χ2n) is 3.43. The monoisotopic (exact) mass is 216 g/mol. The highest BCUT2D eigenvalue weighted by Crippen LogP contribution is 2.20. The maximum atomic E-state index is 13.0. The molecule has 15 heavy (non-hydrogen) atoms. The Morgan fingerprint density at radius 3 is 2.33 bits per heavy atom. The molecule has 5 heteroatoms. The molecule has 1 aromatic carbocycles. The van der Waals surface area contributed by atoms with E-state index in [4.69, 9.17) is 10.8 Å². The van der Waals surface area contributed by atoms with E-state index in [0.717, 1.165) is 0 Å². The molecule has 3 N–H and O–H groups in total. The summed E-state index contributed by atoms with van der Waals surface area (Å²) in [5.74, 6) is -2.79. The number of halogens is 2. The smallest absolute Gasteiger partial charge is 0.277 e. The summed E-state index contributed by atoms with van der Waals surface area (Å²) in [6.45, 7) is -1.11. The number of nitrogens with two attached hydrogens (primary N) is 1. The molecule has 0 aliphatic heterocycles. The van der Waals surface area contributed by atoms with E-state index < -0.39 is 19.0 Å². The average Bonchev–Trinajstić information content (AvgIpc) is 2.18. The predicted octanol–water partition coefficient (Wildman–Crippen LogP) is 1.42. The molecule has 0 saturated carbocycles. The Hall–Kier alpha value is -1.36. The fraction of sp³-hybridized carbons (Fsp3) is 0.400. The molecule has 0 radical (unpaired) electrons. The van der Waals surface area contributed by atoms with Gasteiger partial charge >= 0.3 is 0 Å². The fourth-order valence-corrected chi connectivity index (χ4v) is 1.21. The van der Waals surface area contributed by atoms with E-state index in [0.29, 0.717) is 5.69 Å². The normalized spacial score (nSPS) is 11.5. The van der Waals surface area contributed by atoms with Crippen LogP contribution in [-0.2, 0) is 0 Å². The largest absolute Gasteiger partial charge is 0.508 e. The van der Waals surface area contributed by atoms with Crippen LogP contribution in [0.2, 0.25) is 0 Å². The minimum atomic E-state index is -2.90. The van der Waals surface area contributed by atoms with Gasteiger partial charge in [0.2, 0.25) is 0 Å². The minimum absolute atomic E-state index is 0.109. The molecule has 0 atom stereocenters. The number of phenols is 1. The van der Waals surface area contributed by atoms with Crippen LogP contribution in [0.4, 0.5) is 14.5 Å². The van der Waals surface area contributed by atoms with Crippen LogP contribution in [0.15, 0.2) is 24.3 Å². The topological polar surface area (TPSA) is 49.5 Å². The molecule has 0 aliphatic carbocycles. The van der Waals surface area contributed by atoms with Crippen LogP contribution < -0.4 is 10.6 Å². The van der Waals surface area contributed by atoms with Gasteiger partial charge < -0.3 is 15.7 Å². The zero-order valence-electron chi connectivity index (χ0n) is 8.45. The molecule has 0 amide bonds. The van der Waals surface area contributed by atoms with E-state index in [9.17, 15) is 8.78 Å². The SMILES string of the molecule is CN(CC(F)(F)CN)c1ccc(O)cc1. The minimum Gasteiger partial charge on any atom is -0.508 e. The summed E-state index contributed by atoms with van der Waals surface area (Å²) in [5.41, 5.74) is 5.55. The van der Waals surface area contributed by atoms with Gasteiger partial charge in [-0.3, -0.25) is 0 Å². The number of hydrogen-bond acceptors (Lipinski definition) is 3. The summed E-state index contributed by atoms with van der Waals surface area (Å²) >= 11 is 0. The number of aromatic hydroxyl groups is 1. The third-order valence-corrected chi connectivity index (χ3v) is 2.06. The molecule has 1 aromatic rings. The second kappa shape index (κ2) is 4.44. The molecule has 84 valence electrons. The number of rotatable bonds is 4. The Morgan fingerprint density at radius 2 is 1.87 bits per heavy atom. The van der Waals surface area contributed by atoms with Gasteiger partial charge in [0.25, 0.3) is 5.92 Å². The molecular weight excluding hydrogens is 202 g/mol. The molecule has 0 saturated heterocycles. The van der Waals surface area contributed by atoms with E-state index in [1.807, 2.05) is 0 Å². The van der Waals surface area contributed by atoms with Crippen molar-refractivity contribution in [1.29, 1.82) is 0 Å². The fourth-order valence-electron chi connectivity index (χ4n) is 1.21. The van der Waals surface area contributed by atoms with Crippen molar-refractivity contribution in [2.75, 3.05) is 25.0 Å². The third kappa shape index (κ3) is 3.36. The molecule has 0 bridgehead atoms. The van der Waals surface area contributed by atoms with Gasteiger partial charge in [0.05, 0.1) is 13.1 Å². The molecular formula is C10H14F2N2O. The number of alkyl halides is 2. The van der Waals surface area contributed by atoms with Crippen LogP contribution in [0.25, 0.3) is 0 Å². The summed E-state index contributed by atoms with van der Waals surface area (Å²) in [6, 6.07) is 6.04. The summed E-state index contributed by atoms with van der Waals surface area (Å²) in [7, 11) is 1.55. The van der Waals surface area contributed by atoms with Crippen LogP contribution in [0.3, 0.4) is 0 Å². The van der Waals surface area contributed by atoms with Gasteiger partial charge in [-0.2, -0.15) is 0 Å². The first kappa shape index (κ1) is 11.7. The number of hydrogen-bond donors (Lipinski definition) is 2. The van der Waals surface area contributed by atoms with Crippen molar-refractivity contribution in [3.63, 3.8) is 0 Å². The van der Waals surface area contributed by atoms with Crippen molar-refractivity contribution in [2.45, 2.75) is 5.92 Å². The lowest BCUT2D eigenvalue weighted by atomic mass is 10.2. The molecule has 3 nitrogen and oxygen atoms in total. The summed E-state index contributed by atoms with van der Waals surface area (Å²) in [6.07, 6.45) is 0. The van der Waals surface area contributed by atoms with E-state index >= 15 is 0 Å². The van der Waals surface area contributed by atoms with Gasteiger partial charge in [0.15, 0.2) is 0 Å². The van der Waals surface area contributed by atoms with Gasteiger partial charge in [-0.05, 0) is 24.3 Å². The van der Waals surface area contributed by atoms with E-state index in [1.165, 1.54) is 17.0 Å². The number of nitrogens with zero attached hydrogens (tertiary/aromatic N) is 1. The third-order valence-electron chi connectivity index (χ3n) is 2.06. The number of phenolic OH excluding ortho intramolecular Hbond substituents is 1. The Balaban J connectivity index is 2.69. The molecule has 0 aliphatic rings. The van der Waals surface area contributed by atoms with Gasteiger partial charge in [0.1, 0.15) is 5.75 Å². The Bertz CT molecular complexity index is 314. The van der Waals surface area contributed by atoms with E-state index in [-0.39, 0.29) is 5.75 Å². The van der Waals surface area contributed by atoms with Crippen LogP contribution in [0.5, 0.6) is 5.75 Å². The van der Waals surface area contributed by atoms with Gasteiger partial charge in [-0.1, -0.05) is 0 Å². The van der Waals surface area contributed by atoms with Crippen molar-refractivity contribution in [3.05, 3.63) is 24.3 Å². The lowest BCUT2D eigenvalue weighted by Crippen LogP contribution is -2.40. The van der Waals surface area contributed by atoms with Crippen molar-refractivity contribution in [2.24, 2.45) is 5.73 Å². The van der Waals surface area contributed by atoms with Gasteiger partial charge in [-0.25, -0.2) is 8.78 Å². The molecule has 0 spiro atoms. The lowest BCUT2D eigenvalue weighted by molar-refractivity contribution is 0.0199. The Morgan fingerprint density at radius 1 is 1.33 bits per heavy atom. The van der Waals surface area contributed by atoms with Gasteiger partial charge in [-0.15, -0.1) is 0 Å². The highest BCUT2D eigenvalue weighted by molar-refractivity contribution is 5.48. The number of benzene rings is 1. The van der Waals surface area contributed by atoms with E-state index in [1.54, 1.807) is 19.2 Å². The van der Waals surface area contributed by atoms with Gasteiger partial charge in [0, 0.05) is 12.7 Å². The van der Waals surface area contributed by atoms with Crippen molar-refractivity contribution in [3.8, 4) is 5.75 Å². The van der Waals surface area contributed by atoms with Crippen LogP contribution >= 0.6 is 0 Å². The second-order valence-corrected chi connectivity index (χ2v) is 3.43. The summed E-state index contributed by atoms with van der Waals surface area (Å²) in [4.78, 5) is 1.40.